The van der Waals surface area contributed by atoms with Gasteiger partial charge in [0.15, 0.2) is 0 Å². The van der Waals surface area contributed by atoms with Crippen LogP contribution in [0.3, 0.4) is 0 Å². The van der Waals surface area contributed by atoms with Gasteiger partial charge in [0.25, 0.3) is 0 Å². The van der Waals surface area contributed by atoms with E-state index in [0.717, 1.165) is 43.1 Å². The molecule has 0 saturated carbocycles. The molecule has 3 aliphatic heterocycles. The van der Waals surface area contributed by atoms with Crippen molar-refractivity contribution in [2.75, 3.05) is 26.2 Å². The van der Waals surface area contributed by atoms with E-state index >= 15 is 0 Å². The Balaban J connectivity index is 1.30. The summed E-state index contributed by atoms with van der Waals surface area (Å²) in [5.41, 5.74) is 1.96. The van der Waals surface area contributed by atoms with Gasteiger partial charge in [-0.05, 0) is 76.0 Å². The maximum Gasteiger partial charge on any atom is 0.234 e. The second-order valence-corrected chi connectivity index (χ2v) is 8.19. The summed E-state index contributed by atoms with van der Waals surface area (Å²) >= 11 is 0. The first-order valence-electron chi connectivity index (χ1n) is 10.6. The zero-order valence-electron chi connectivity index (χ0n) is 16.4. The van der Waals surface area contributed by atoms with Crippen molar-refractivity contribution in [2.45, 2.75) is 50.5 Å². The normalized spacial score (nSPS) is 25.1. The number of imide groups is 1. The number of likely N-dealkylation sites (tertiary alicyclic amines) is 1. The predicted molar refractivity (Wildman–Crippen MR) is 109 cm³/mol. The number of carbonyl (C=O) groups is 2. The van der Waals surface area contributed by atoms with Crippen molar-refractivity contribution in [3.63, 3.8) is 0 Å². The highest BCUT2D eigenvalue weighted by atomic mass is 16.2. The molecule has 0 spiro atoms. The van der Waals surface area contributed by atoms with Gasteiger partial charge in [-0.1, -0.05) is 24.0 Å². The molecule has 2 N–H and O–H groups in total. The van der Waals surface area contributed by atoms with Crippen molar-refractivity contribution in [1.82, 2.24) is 15.5 Å². The fraction of sp³-hybridized carbons (Fsp3) is 0.565. The number of nitrogens with zero attached hydrogens (tertiary/aromatic N) is 1. The molecule has 0 radical (unpaired) electrons. The Labute approximate surface area is 167 Å². The van der Waals surface area contributed by atoms with E-state index in [1.807, 2.05) is 24.3 Å². The van der Waals surface area contributed by atoms with E-state index in [-0.39, 0.29) is 17.7 Å². The number of nitrogens with one attached hydrogen (secondary N) is 2. The van der Waals surface area contributed by atoms with Gasteiger partial charge in [0.05, 0.1) is 5.92 Å². The van der Waals surface area contributed by atoms with Crippen LogP contribution in [0.15, 0.2) is 24.3 Å². The highest BCUT2D eigenvalue weighted by molar-refractivity contribution is 6.00. The number of amides is 2. The Kier molecular flexibility index (Phi) is 6.09. The van der Waals surface area contributed by atoms with Gasteiger partial charge in [-0.15, -0.1) is 0 Å². The molecule has 1 aromatic rings. The summed E-state index contributed by atoms with van der Waals surface area (Å²) in [7, 11) is 0. The molecule has 5 heteroatoms. The lowest BCUT2D eigenvalue weighted by Crippen LogP contribution is -2.46. The summed E-state index contributed by atoms with van der Waals surface area (Å²) in [5.74, 6) is 6.69. The molecule has 1 aromatic carbocycles. The maximum atomic E-state index is 12.0. The molecular formula is C23H29N3O2. The van der Waals surface area contributed by atoms with Crippen LogP contribution in [0.2, 0.25) is 0 Å². The van der Waals surface area contributed by atoms with Gasteiger partial charge in [-0.2, -0.15) is 0 Å². The molecule has 1 unspecified atom stereocenters. The van der Waals surface area contributed by atoms with Crippen molar-refractivity contribution in [3.05, 3.63) is 35.4 Å². The molecule has 3 fully saturated rings. The lowest BCUT2D eigenvalue weighted by atomic mass is 9.90. The maximum absolute atomic E-state index is 12.0. The molecular weight excluding hydrogens is 350 g/mol. The minimum absolute atomic E-state index is 0.171. The number of carbonyl (C=O) groups excluding carboxylic acids is 2. The minimum atomic E-state index is -0.223. The van der Waals surface area contributed by atoms with Gasteiger partial charge in [0, 0.05) is 23.9 Å². The molecule has 148 valence electrons. The van der Waals surface area contributed by atoms with Crippen molar-refractivity contribution in [3.8, 4) is 11.8 Å². The van der Waals surface area contributed by atoms with E-state index in [2.05, 4.69) is 27.4 Å². The molecule has 3 aliphatic rings. The molecule has 1 atom stereocenters. The molecule has 0 aliphatic carbocycles. The molecule has 28 heavy (non-hydrogen) atoms. The molecule has 3 saturated heterocycles. The Morgan fingerprint density at radius 2 is 1.64 bits per heavy atom. The van der Waals surface area contributed by atoms with Crippen LogP contribution in [-0.2, 0) is 9.59 Å². The van der Waals surface area contributed by atoms with Crippen LogP contribution in [-0.4, -0.2) is 48.9 Å². The van der Waals surface area contributed by atoms with E-state index in [4.69, 9.17) is 0 Å². The first kappa shape index (κ1) is 19.2. The first-order chi connectivity index (χ1) is 13.7. The largest absolute Gasteiger partial charge is 0.317 e. The number of rotatable bonds is 2. The van der Waals surface area contributed by atoms with Crippen LogP contribution < -0.4 is 10.6 Å². The predicted octanol–water partition coefficient (Wildman–Crippen LogP) is 2.02. The fourth-order valence-electron chi connectivity index (χ4n) is 4.58. The zero-order chi connectivity index (χ0) is 19.3. The van der Waals surface area contributed by atoms with Crippen molar-refractivity contribution in [1.29, 1.82) is 0 Å². The standard InChI is InChI=1S/C23H29N3O2/c27-22-8-7-21(23(28)25-22)19-5-3-17(4-6-19)1-2-18-11-15-26(16-12-18)20-9-13-24-14-10-20/h3-6,18,20-21,24H,7-16H2,(H,25,27,28). The average molecular weight is 380 g/mol. The summed E-state index contributed by atoms with van der Waals surface area (Å²) in [4.78, 5) is 26.0. The third kappa shape index (κ3) is 4.63. The summed E-state index contributed by atoms with van der Waals surface area (Å²) in [6.07, 6.45) is 5.86. The van der Waals surface area contributed by atoms with Gasteiger partial charge in [0.1, 0.15) is 0 Å². The molecule has 3 heterocycles. The van der Waals surface area contributed by atoms with Crippen molar-refractivity contribution < 1.29 is 9.59 Å². The van der Waals surface area contributed by atoms with Crippen molar-refractivity contribution in [2.24, 2.45) is 5.92 Å². The van der Waals surface area contributed by atoms with Gasteiger partial charge in [-0.3, -0.25) is 14.9 Å². The lowest BCUT2D eigenvalue weighted by Gasteiger charge is -2.38. The van der Waals surface area contributed by atoms with Crippen LogP contribution in [0.4, 0.5) is 0 Å². The van der Waals surface area contributed by atoms with Crippen LogP contribution in [0.5, 0.6) is 0 Å². The first-order valence-corrected chi connectivity index (χ1v) is 10.6. The topological polar surface area (TPSA) is 61.4 Å². The molecule has 0 bridgehead atoms. The second kappa shape index (κ2) is 8.89. The van der Waals surface area contributed by atoms with Crippen LogP contribution in [0.25, 0.3) is 0 Å². The van der Waals surface area contributed by atoms with E-state index in [1.165, 1.54) is 25.9 Å². The van der Waals surface area contributed by atoms with Crippen LogP contribution in [0.1, 0.15) is 55.6 Å². The smallest absolute Gasteiger partial charge is 0.234 e. The SMILES string of the molecule is O=C1CCC(c2ccc(C#CC3CCN(C4CCNCC4)CC3)cc2)C(=O)N1. The van der Waals surface area contributed by atoms with Gasteiger partial charge in [-0.25, -0.2) is 0 Å². The lowest BCUT2D eigenvalue weighted by molar-refractivity contribution is -0.134. The Morgan fingerprint density at radius 3 is 2.32 bits per heavy atom. The molecule has 2 amide bonds. The van der Waals surface area contributed by atoms with E-state index in [0.29, 0.717) is 18.8 Å². The minimum Gasteiger partial charge on any atom is -0.317 e. The summed E-state index contributed by atoms with van der Waals surface area (Å²) in [5, 5.41) is 5.87. The summed E-state index contributed by atoms with van der Waals surface area (Å²) in [6, 6.07) is 8.70. The zero-order valence-corrected chi connectivity index (χ0v) is 16.4. The number of hydrogen-bond acceptors (Lipinski definition) is 4. The third-order valence-electron chi connectivity index (χ3n) is 6.33. The van der Waals surface area contributed by atoms with Gasteiger partial charge in [0.2, 0.25) is 11.8 Å². The van der Waals surface area contributed by atoms with Gasteiger partial charge < -0.3 is 10.2 Å². The fourth-order valence-corrected chi connectivity index (χ4v) is 4.58. The van der Waals surface area contributed by atoms with E-state index < -0.39 is 0 Å². The molecule has 5 nitrogen and oxygen atoms in total. The quantitative estimate of drug-likeness (QED) is 0.610. The summed E-state index contributed by atoms with van der Waals surface area (Å²) < 4.78 is 0. The van der Waals surface area contributed by atoms with E-state index in [1.54, 1.807) is 0 Å². The Bertz CT molecular complexity index is 763. The number of hydrogen-bond donors (Lipinski definition) is 2. The second-order valence-electron chi connectivity index (χ2n) is 8.19. The van der Waals surface area contributed by atoms with E-state index in [9.17, 15) is 9.59 Å². The number of piperidine rings is 3. The number of benzene rings is 1. The molecule has 4 rings (SSSR count). The Hall–Kier alpha value is -2.16. The van der Waals surface area contributed by atoms with Crippen LogP contribution in [0, 0.1) is 17.8 Å². The third-order valence-corrected chi connectivity index (χ3v) is 6.33. The average Bonchev–Trinajstić information content (AvgIpc) is 2.74. The highest BCUT2D eigenvalue weighted by Crippen LogP contribution is 2.25. The summed E-state index contributed by atoms with van der Waals surface area (Å²) in [6.45, 7) is 4.63. The Morgan fingerprint density at radius 1 is 0.929 bits per heavy atom. The monoisotopic (exact) mass is 379 g/mol. The van der Waals surface area contributed by atoms with Crippen molar-refractivity contribution >= 4 is 11.8 Å². The molecule has 0 aromatic heterocycles. The van der Waals surface area contributed by atoms with Crippen LogP contribution >= 0.6 is 0 Å². The van der Waals surface area contributed by atoms with Gasteiger partial charge >= 0.3 is 0 Å². The highest BCUT2D eigenvalue weighted by Gasteiger charge is 2.28.